The van der Waals surface area contributed by atoms with Crippen molar-refractivity contribution in [3.05, 3.63) is 30.1 Å². The van der Waals surface area contributed by atoms with E-state index in [9.17, 15) is 9.59 Å². The van der Waals surface area contributed by atoms with Crippen LogP contribution >= 0.6 is 0 Å². The lowest BCUT2D eigenvalue weighted by Crippen LogP contribution is -2.44. The van der Waals surface area contributed by atoms with Crippen molar-refractivity contribution in [2.75, 3.05) is 26.3 Å². The van der Waals surface area contributed by atoms with Crippen molar-refractivity contribution in [2.45, 2.75) is 70.8 Å². The Morgan fingerprint density at radius 3 is 2.48 bits per heavy atom. The number of likely N-dealkylation sites (tertiary alicyclic amines) is 1. The van der Waals surface area contributed by atoms with Gasteiger partial charge >= 0.3 is 0 Å². The van der Waals surface area contributed by atoms with Gasteiger partial charge in [0.25, 0.3) is 0 Å². The standard InChI is InChI=1S/C25H37N3O3/c29-23(27-18-21-5-12-26-13-6-21)17-20-3-8-25(9-4-20)10-14-28(15-11-25)24(30)2-1-22-7-16-31-19-22/h5-6,12-13,20,22H,1-4,7-11,14-19H2,(H,27,29). The lowest BCUT2D eigenvalue weighted by atomic mass is 9.65. The fourth-order valence-electron chi connectivity index (χ4n) is 5.56. The number of nitrogens with one attached hydrogen (secondary N) is 1. The minimum Gasteiger partial charge on any atom is -0.381 e. The van der Waals surface area contributed by atoms with Gasteiger partial charge in [0.05, 0.1) is 0 Å². The van der Waals surface area contributed by atoms with Gasteiger partial charge in [-0.15, -0.1) is 0 Å². The highest BCUT2D eigenvalue weighted by molar-refractivity contribution is 5.76. The first-order valence-electron chi connectivity index (χ1n) is 12.1. The zero-order valence-electron chi connectivity index (χ0n) is 18.7. The molecule has 0 radical (unpaired) electrons. The first kappa shape index (κ1) is 22.3. The van der Waals surface area contributed by atoms with E-state index in [1.165, 1.54) is 12.8 Å². The van der Waals surface area contributed by atoms with Crippen LogP contribution in [0.15, 0.2) is 24.5 Å². The molecule has 3 aliphatic rings. The molecular formula is C25H37N3O3. The molecule has 1 aromatic heterocycles. The van der Waals surface area contributed by atoms with Crippen LogP contribution in [-0.4, -0.2) is 48.0 Å². The number of hydrogen-bond donors (Lipinski definition) is 1. The summed E-state index contributed by atoms with van der Waals surface area (Å²) in [7, 11) is 0. The van der Waals surface area contributed by atoms with Gasteiger partial charge in [0.15, 0.2) is 0 Å². The number of pyridine rings is 1. The number of ether oxygens (including phenoxy) is 1. The minimum atomic E-state index is 0.158. The third-order valence-electron chi connectivity index (χ3n) is 7.85. The number of aromatic nitrogens is 1. The van der Waals surface area contributed by atoms with E-state index in [0.29, 0.717) is 42.5 Å². The first-order chi connectivity index (χ1) is 15.1. The van der Waals surface area contributed by atoms with E-state index in [0.717, 1.165) is 70.4 Å². The van der Waals surface area contributed by atoms with Crippen molar-refractivity contribution in [3.8, 4) is 0 Å². The summed E-state index contributed by atoms with van der Waals surface area (Å²) < 4.78 is 5.42. The van der Waals surface area contributed by atoms with Gasteiger partial charge in [-0.3, -0.25) is 14.6 Å². The summed E-state index contributed by atoms with van der Waals surface area (Å²) in [6.45, 7) is 4.10. The number of hydrogen-bond acceptors (Lipinski definition) is 4. The maximum absolute atomic E-state index is 12.6. The predicted octanol–water partition coefficient (Wildman–Crippen LogP) is 3.70. The van der Waals surface area contributed by atoms with Gasteiger partial charge in [0.1, 0.15) is 0 Å². The van der Waals surface area contributed by atoms with Gasteiger partial charge < -0.3 is 15.0 Å². The van der Waals surface area contributed by atoms with Crippen LogP contribution in [-0.2, 0) is 20.9 Å². The Bertz CT molecular complexity index is 715. The van der Waals surface area contributed by atoms with Gasteiger partial charge in [0.2, 0.25) is 11.8 Å². The van der Waals surface area contributed by atoms with Crippen LogP contribution in [0.3, 0.4) is 0 Å². The summed E-state index contributed by atoms with van der Waals surface area (Å²) in [5.74, 6) is 1.57. The zero-order valence-corrected chi connectivity index (χ0v) is 18.7. The molecule has 1 aliphatic carbocycles. The fraction of sp³-hybridized carbons (Fsp3) is 0.720. The molecule has 31 heavy (non-hydrogen) atoms. The average molecular weight is 428 g/mol. The SMILES string of the molecule is O=C(CC1CCC2(CC1)CCN(C(=O)CCC1CCOC1)CC2)NCc1ccncc1. The summed E-state index contributed by atoms with van der Waals surface area (Å²) >= 11 is 0. The van der Waals surface area contributed by atoms with Gasteiger partial charge in [-0.1, -0.05) is 0 Å². The van der Waals surface area contributed by atoms with Crippen LogP contribution in [0.25, 0.3) is 0 Å². The Hall–Kier alpha value is -1.95. The normalized spacial score (nSPS) is 23.7. The maximum Gasteiger partial charge on any atom is 0.222 e. The molecule has 4 rings (SSSR count). The predicted molar refractivity (Wildman–Crippen MR) is 119 cm³/mol. The van der Waals surface area contributed by atoms with Crippen LogP contribution < -0.4 is 5.32 Å². The molecule has 1 N–H and O–H groups in total. The van der Waals surface area contributed by atoms with Crippen molar-refractivity contribution in [1.29, 1.82) is 0 Å². The third kappa shape index (κ3) is 6.28. The Morgan fingerprint density at radius 1 is 1.06 bits per heavy atom. The Morgan fingerprint density at radius 2 is 1.81 bits per heavy atom. The summed E-state index contributed by atoms with van der Waals surface area (Å²) in [5, 5.41) is 3.05. The quantitative estimate of drug-likeness (QED) is 0.720. The van der Waals surface area contributed by atoms with E-state index in [2.05, 4.69) is 15.2 Å². The van der Waals surface area contributed by atoms with Crippen LogP contribution in [0.5, 0.6) is 0 Å². The molecule has 6 heteroatoms. The summed E-state index contributed by atoms with van der Waals surface area (Å²) in [4.78, 5) is 31.1. The highest BCUT2D eigenvalue weighted by atomic mass is 16.5. The van der Waals surface area contributed by atoms with Crippen molar-refractivity contribution in [3.63, 3.8) is 0 Å². The highest BCUT2D eigenvalue weighted by Crippen LogP contribution is 2.47. The molecule has 3 heterocycles. The number of piperidine rings is 1. The van der Waals surface area contributed by atoms with Crippen molar-refractivity contribution < 1.29 is 14.3 Å². The highest BCUT2D eigenvalue weighted by Gasteiger charge is 2.39. The molecule has 1 aromatic rings. The van der Waals surface area contributed by atoms with Gasteiger partial charge in [-0.2, -0.15) is 0 Å². The maximum atomic E-state index is 12.6. The van der Waals surface area contributed by atoms with E-state index in [1.807, 2.05) is 12.1 Å². The lowest BCUT2D eigenvalue weighted by Gasteiger charge is -2.46. The Labute approximate surface area is 186 Å². The smallest absolute Gasteiger partial charge is 0.222 e. The van der Waals surface area contributed by atoms with E-state index < -0.39 is 0 Å². The van der Waals surface area contributed by atoms with Crippen LogP contribution in [0.2, 0.25) is 0 Å². The monoisotopic (exact) mass is 427 g/mol. The molecule has 0 bridgehead atoms. The molecule has 170 valence electrons. The average Bonchev–Trinajstić information content (AvgIpc) is 3.33. The molecule has 2 aliphatic heterocycles. The fourth-order valence-corrected chi connectivity index (χ4v) is 5.56. The number of carbonyl (C=O) groups excluding carboxylic acids is 2. The lowest BCUT2D eigenvalue weighted by molar-refractivity contribution is -0.134. The van der Waals surface area contributed by atoms with Crippen molar-refractivity contribution >= 4 is 11.8 Å². The largest absolute Gasteiger partial charge is 0.381 e. The van der Waals surface area contributed by atoms with Crippen LogP contribution in [0.4, 0.5) is 0 Å². The second kappa shape index (κ2) is 10.6. The molecule has 6 nitrogen and oxygen atoms in total. The number of carbonyl (C=O) groups is 2. The van der Waals surface area contributed by atoms with Crippen LogP contribution in [0, 0.1) is 17.3 Å². The van der Waals surface area contributed by atoms with Crippen LogP contribution in [0.1, 0.15) is 69.8 Å². The topological polar surface area (TPSA) is 71.5 Å². The minimum absolute atomic E-state index is 0.158. The molecule has 2 amide bonds. The van der Waals surface area contributed by atoms with Gasteiger partial charge in [-0.05, 0) is 86.3 Å². The number of rotatable bonds is 7. The number of amides is 2. The Kier molecular flexibility index (Phi) is 7.59. The third-order valence-corrected chi connectivity index (χ3v) is 7.85. The van der Waals surface area contributed by atoms with E-state index in [1.54, 1.807) is 12.4 Å². The summed E-state index contributed by atoms with van der Waals surface area (Å²) in [6, 6.07) is 3.87. The Balaban J connectivity index is 1.13. The van der Waals surface area contributed by atoms with Gasteiger partial charge in [0, 0.05) is 58.1 Å². The molecular weight excluding hydrogens is 390 g/mol. The molecule has 1 saturated carbocycles. The molecule has 1 atom stereocenters. The molecule has 2 saturated heterocycles. The van der Waals surface area contributed by atoms with Crippen molar-refractivity contribution in [2.24, 2.45) is 17.3 Å². The van der Waals surface area contributed by atoms with E-state index in [-0.39, 0.29) is 5.91 Å². The van der Waals surface area contributed by atoms with E-state index >= 15 is 0 Å². The second-order valence-electron chi connectivity index (χ2n) is 9.93. The molecule has 1 spiro atoms. The summed E-state index contributed by atoms with van der Waals surface area (Å²) in [5.41, 5.74) is 1.49. The van der Waals surface area contributed by atoms with Gasteiger partial charge in [-0.25, -0.2) is 0 Å². The molecule has 0 aromatic carbocycles. The second-order valence-corrected chi connectivity index (χ2v) is 9.93. The summed E-state index contributed by atoms with van der Waals surface area (Å²) in [6.07, 6.45) is 13.9. The van der Waals surface area contributed by atoms with E-state index in [4.69, 9.17) is 4.74 Å². The number of nitrogens with zero attached hydrogens (tertiary/aromatic N) is 2. The van der Waals surface area contributed by atoms with Crippen molar-refractivity contribution in [1.82, 2.24) is 15.2 Å². The molecule has 1 unspecified atom stereocenters. The zero-order chi connectivity index (χ0) is 21.5. The molecule has 3 fully saturated rings. The first-order valence-corrected chi connectivity index (χ1v) is 12.1.